The fraction of sp³-hybridized carbons (Fsp3) is 0.733. The molecule has 1 heterocycles. The van der Waals surface area contributed by atoms with E-state index in [1.165, 1.54) is 4.88 Å². The van der Waals surface area contributed by atoms with Gasteiger partial charge in [0.1, 0.15) is 0 Å². The highest BCUT2D eigenvalue weighted by Crippen LogP contribution is 2.30. The van der Waals surface area contributed by atoms with Crippen LogP contribution in [-0.2, 0) is 11.2 Å². The Kier molecular flexibility index (Phi) is 7.37. The maximum atomic E-state index is 6.13. The van der Waals surface area contributed by atoms with Gasteiger partial charge in [-0.1, -0.05) is 32.4 Å². The first-order chi connectivity index (χ1) is 9.11. The summed E-state index contributed by atoms with van der Waals surface area (Å²) < 4.78 is 6.99. The maximum absolute atomic E-state index is 6.13. The predicted molar refractivity (Wildman–Crippen MR) is 85.4 cm³/mol. The van der Waals surface area contributed by atoms with E-state index in [-0.39, 0.29) is 5.60 Å². The van der Waals surface area contributed by atoms with Gasteiger partial charge >= 0.3 is 0 Å². The molecule has 0 aliphatic heterocycles. The summed E-state index contributed by atoms with van der Waals surface area (Å²) in [5.41, 5.74) is -0.0821. The van der Waals surface area contributed by atoms with Crippen LogP contribution in [0.3, 0.4) is 0 Å². The molecule has 110 valence electrons. The van der Waals surface area contributed by atoms with Gasteiger partial charge in [-0.2, -0.15) is 0 Å². The monoisotopic (exact) mass is 303 g/mol. The molecular formula is C15H26ClNOS. The van der Waals surface area contributed by atoms with Crippen LogP contribution < -0.4 is 5.32 Å². The first kappa shape index (κ1) is 17.0. The number of likely N-dealkylation sites (N-methyl/N-ethyl adjacent to an activating group) is 1. The topological polar surface area (TPSA) is 21.3 Å². The standard InChI is InChI=1S/C15H26ClNOS/c1-5-15(6-2,18-8-4)13(17-7-3)11-12-9-10-14(16)19-12/h9-10,13,17H,5-8,11H2,1-4H3. The van der Waals surface area contributed by atoms with E-state index in [2.05, 4.69) is 39.1 Å². The second-order valence-electron chi connectivity index (χ2n) is 4.73. The Morgan fingerprint density at radius 2 is 1.95 bits per heavy atom. The number of halogens is 1. The van der Waals surface area contributed by atoms with Gasteiger partial charge in [-0.25, -0.2) is 0 Å². The van der Waals surface area contributed by atoms with Gasteiger partial charge in [-0.05, 0) is 44.9 Å². The first-order valence-corrected chi connectivity index (χ1v) is 8.42. The molecule has 0 amide bonds. The van der Waals surface area contributed by atoms with Crippen molar-refractivity contribution in [3.8, 4) is 0 Å². The summed E-state index contributed by atoms with van der Waals surface area (Å²) in [5.74, 6) is 0. The van der Waals surface area contributed by atoms with Crippen LogP contribution in [0.25, 0.3) is 0 Å². The van der Waals surface area contributed by atoms with Gasteiger partial charge < -0.3 is 10.1 Å². The molecule has 0 aliphatic carbocycles. The molecule has 1 N–H and O–H groups in total. The molecule has 1 unspecified atom stereocenters. The lowest BCUT2D eigenvalue weighted by atomic mass is 9.85. The van der Waals surface area contributed by atoms with Crippen molar-refractivity contribution in [3.05, 3.63) is 21.3 Å². The number of rotatable bonds is 9. The lowest BCUT2D eigenvalue weighted by molar-refractivity contribution is -0.0714. The second-order valence-corrected chi connectivity index (χ2v) is 6.52. The molecule has 4 heteroatoms. The summed E-state index contributed by atoms with van der Waals surface area (Å²) in [6.45, 7) is 10.4. The Morgan fingerprint density at radius 1 is 1.26 bits per heavy atom. The van der Waals surface area contributed by atoms with E-state index in [0.29, 0.717) is 6.04 Å². The van der Waals surface area contributed by atoms with E-state index >= 15 is 0 Å². The zero-order chi connectivity index (χ0) is 14.3. The molecular weight excluding hydrogens is 278 g/mol. The van der Waals surface area contributed by atoms with Gasteiger partial charge in [0.2, 0.25) is 0 Å². The predicted octanol–water partition coefficient (Wildman–Crippen LogP) is 4.52. The number of nitrogens with one attached hydrogen (secondary N) is 1. The molecule has 1 aromatic heterocycles. The maximum Gasteiger partial charge on any atom is 0.0931 e. The van der Waals surface area contributed by atoms with Gasteiger partial charge in [0.15, 0.2) is 0 Å². The zero-order valence-electron chi connectivity index (χ0n) is 12.5. The van der Waals surface area contributed by atoms with Crippen LogP contribution in [0.15, 0.2) is 12.1 Å². The molecule has 0 spiro atoms. The third kappa shape index (κ3) is 4.45. The highest BCUT2D eigenvalue weighted by atomic mass is 35.5. The molecule has 0 bridgehead atoms. The molecule has 0 aromatic carbocycles. The number of hydrogen-bond donors (Lipinski definition) is 1. The van der Waals surface area contributed by atoms with E-state index in [9.17, 15) is 0 Å². The SMILES string of the molecule is CCNC(Cc1ccc(Cl)s1)C(CC)(CC)OCC. The van der Waals surface area contributed by atoms with Crippen molar-refractivity contribution < 1.29 is 4.74 Å². The largest absolute Gasteiger partial charge is 0.374 e. The minimum atomic E-state index is -0.0821. The Morgan fingerprint density at radius 3 is 2.37 bits per heavy atom. The second kappa shape index (κ2) is 8.25. The average molecular weight is 304 g/mol. The van der Waals surface area contributed by atoms with Crippen LogP contribution in [0.1, 0.15) is 45.4 Å². The number of hydrogen-bond acceptors (Lipinski definition) is 3. The summed E-state index contributed by atoms with van der Waals surface area (Å²) in [6.07, 6.45) is 3.02. The molecule has 0 fully saturated rings. The summed E-state index contributed by atoms with van der Waals surface area (Å²) in [6, 6.07) is 4.44. The van der Waals surface area contributed by atoms with Crippen molar-refractivity contribution in [3.63, 3.8) is 0 Å². The molecule has 0 saturated carbocycles. The average Bonchev–Trinajstić information content (AvgIpc) is 2.81. The molecule has 0 aliphatic rings. The molecule has 1 atom stereocenters. The molecule has 1 aromatic rings. The molecule has 1 rings (SSSR count). The third-order valence-electron chi connectivity index (χ3n) is 3.75. The van der Waals surface area contributed by atoms with Crippen LogP contribution in [0, 0.1) is 0 Å². The van der Waals surface area contributed by atoms with Crippen molar-refractivity contribution in [2.75, 3.05) is 13.2 Å². The van der Waals surface area contributed by atoms with Crippen molar-refractivity contribution in [2.24, 2.45) is 0 Å². The van der Waals surface area contributed by atoms with Gasteiger partial charge in [0.05, 0.1) is 9.94 Å². The Hall–Kier alpha value is -0.0900. The smallest absolute Gasteiger partial charge is 0.0931 e. The first-order valence-electron chi connectivity index (χ1n) is 7.23. The minimum absolute atomic E-state index is 0.0821. The minimum Gasteiger partial charge on any atom is -0.374 e. The summed E-state index contributed by atoms with van der Waals surface area (Å²) in [4.78, 5) is 1.32. The van der Waals surface area contributed by atoms with Crippen LogP contribution in [0.5, 0.6) is 0 Å². The van der Waals surface area contributed by atoms with Crippen LogP contribution in [0.4, 0.5) is 0 Å². The van der Waals surface area contributed by atoms with Crippen LogP contribution >= 0.6 is 22.9 Å². The van der Waals surface area contributed by atoms with Crippen LogP contribution in [-0.4, -0.2) is 24.8 Å². The third-order valence-corrected chi connectivity index (χ3v) is 5.00. The number of thiophene rings is 1. The highest BCUT2D eigenvalue weighted by molar-refractivity contribution is 7.16. The van der Waals surface area contributed by atoms with Gasteiger partial charge in [0, 0.05) is 17.5 Å². The Labute approximate surface area is 126 Å². The molecule has 19 heavy (non-hydrogen) atoms. The van der Waals surface area contributed by atoms with Gasteiger partial charge in [-0.15, -0.1) is 11.3 Å². The van der Waals surface area contributed by atoms with Gasteiger partial charge in [0.25, 0.3) is 0 Å². The zero-order valence-corrected chi connectivity index (χ0v) is 14.0. The normalized spacial score (nSPS) is 13.7. The lowest BCUT2D eigenvalue weighted by Gasteiger charge is -2.40. The highest BCUT2D eigenvalue weighted by Gasteiger charge is 2.36. The fourth-order valence-electron chi connectivity index (χ4n) is 2.69. The summed E-state index contributed by atoms with van der Waals surface area (Å²) in [7, 11) is 0. The molecule has 0 radical (unpaired) electrons. The van der Waals surface area contributed by atoms with Gasteiger partial charge in [-0.3, -0.25) is 0 Å². The Balaban J connectivity index is 2.89. The quantitative estimate of drug-likeness (QED) is 0.724. The van der Waals surface area contributed by atoms with Crippen molar-refractivity contribution in [1.82, 2.24) is 5.32 Å². The number of ether oxygens (including phenoxy) is 1. The molecule has 0 saturated heterocycles. The van der Waals surface area contributed by atoms with Crippen LogP contribution in [0.2, 0.25) is 4.34 Å². The van der Waals surface area contributed by atoms with Crippen molar-refractivity contribution >= 4 is 22.9 Å². The van der Waals surface area contributed by atoms with Crippen molar-refractivity contribution in [2.45, 2.75) is 58.6 Å². The van der Waals surface area contributed by atoms with Crippen molar-refractivity contribution in [1.29, 1.82) is 0 Å². The van der Waals surface area contributed by atoms with E-state index in [1.54, 1.807) is 11.3 Å². The Bertz CT molecular complexity index is 363. The summed E-state index contributed by atoms with van der Waals surface area (Å²) >= 11 is 7.70. The summed E-state index contributed by atoms with van der Waals surface area (Å²) in [5, 5.41) is 3.61. The van der Waals surface area contributed by atoms with E-state index in [1.807, 2.05) is 6.07 Å². The lowest BCUT2D eigenvalue weighted by Crippen LogP contribution is -2.53. The molecule has 2 nitrogen and oxygen atoms in total. The van der Waals surface area contributed by atoms with E-state index in [0.717, 1.165) is 36.8 Å². The van der Waals surface area contributed by atoms with E-state index in [4.69, 9.17) is 16.3 Å². The van der Waals surface area contributed by atoms with E-state index < -0.39 is 0 Å². The fourth-order valence-corrected chi connectivity index (χ4v) is 3.82.